The first-order valence-corrected chi connectivity index (χ1v) is 14.9. The molecule has 2 amide bonds. The van der Waals surface area contributed by atoms with Crippen molar-refractivity contribution in [1.29, 1.82) is 0 Å². The van der Waals surface area contributed by atoms with Crippen LogP contribution in [0.2, 0.25) is 0 Å². The van der Waals surface area contributed by atoms with Crippen molar-refractivity contribution < 1.29 is 9.59 Å². The van der Waals surface area contributed by atoms with E-state index in [1.165, 1.54) is 0 Å². The zero-order chi connectivity index (χ0) is 30.4. The molecule has 0 fully saturated rings. The molecule has 0 aliphatic heterocycles. The average molecular weight is 569 g/mol. The van der Waals surface area contributed by atoms with E-state index in [1.807, 2.05) is 47.0 Å². The number of nitrogens with one attached hydrogen (secondary N) is 4. The minimum Gasteiger partial charge on any atom is -0.354 e. The molecule has 0 aliphatic carbocycles. The van der Waals surface area contributed by atoms with Crippen molar-refractivity contribution in [1.82, 2.24) is 30.6 Å². The molecule has 4 rings (SSSR count). The Morgan fingerprint density at radius 2 is 1.02 bits per heavy atom. The summed E-state index contributed by atoms with van der Waals surface area (Å²) in [6.07, 6.45) is 4.49. The number of amides is 2. The monoisotopic (exact) mass is 568 g/mol. The van der Waals surface area contributed by atoms with Gasteiger partial charge in [0.05, 0.1) is 23.8 Å². The molecular weight excluding hydrogens is 524 g/mol. The molecule has 2 heterocycles. The second kappa shape index (κ2) is 13.6. The third kappa shape index (κ3) is 7.96. The first-order chi connectivity index (χ1) is 20.0. The Labute approximate surface area is 249 Å². The van der Waals surface area contributed by atoms with E-state index in [9.17, 15) is 9.59 Å². The highest BCUT2D eigenvalue weighted by Gasteiger charge is 2.23. The molecular formula is C34H44N6O2. The van der Waals surface area contributed by atoms with Crippen LogP contribution < -0.4 is 10.6 Å². The molecule has 4 aromatic rings. The summed E-state index contributed by atoms with van der Waals surface area (Å²) in [5.74, 6) is 2.03. The second-order valence-electron chi connectivity index (χ2n) is 12.1. The number of nitrogens with zero attached hydrogens (tertiary/aromatic N) is 2. The van der Waals surface area contributed by atoms with Crippen LogP contribution in [0.3, 0.4) is 0 Å². The summed E-state index contributed by atoms with van der Waals surface area (Å²) in [4.78, 5) is 40.6. The van der Waals surface area contributed by atoms with E-state index in [4.69, 9.17) is 0 Å². The molecule has 0 aliphatic rings. The Balaban J connectivity index is 1.42. The van der Waals surface area contributed by atoms with Crippen LogP contribution in [0.5, 0.6) is 0 Å². The maximum Gasteiger partial charge on any atom is 0.220 e. The van der Waals surface area contributed by atoms with Gasteiger partial charge in [-0.25, -0.2) is 9.97 Å². The molecule has 0 radical (unpaired) electrons. The lowest BCUT2D eigenvalue weighted by molar-refractivity contribution is -0.123. The van der Waals surface area contributed by atoms with Gasteiger partial charge in [-0.1, -0.05) is 69.3 Å². The van der Waals surface area contributed by atoms with Crippen LogP contribution in [0.1, 0.15) is 84.8 Å². The van der Waals surface area contributed by atoms with E-state index in [0.29, 0.717) is 12.8 Å². The minimum absolute atomic E-state index is 0.00173. The summed E-state index contributed by atoms with van der Waals surface area (Å²) in [5.41, 5.74) is 6.19. The predicted octanol–water partition coefficient (Wildman–Crippen LogP) is 6.81. The number of imidazole rings is 2. The number of carbonyl (C=O) groups is 2. The van der Waals surface area contributed by atoms with E-state index in [0.717, 1.165) is 45.3 Å². The molecule has 4 N–H and O–H groups in total. The number of hydrogen-bond acceptors (Lipinski definition) is 4. The van der Waals surface area contributed by atoms with Crippen molar-refractivity contribution in [2.75, 3.05) is 0 Å². The smallest absolute Gasteiger partial charge is 0.220 e. The fraction of sp³-hybridized carbons (Fsp3) is 0.412. The van der Waals surface area contributed by atoms with Gasteiger partial charge in [-0.3, -0.25) is 9.59 Å². The molecule has 0 spiro atoms. The van der Waals surface area contributed by atoms with Crippen LogP contribution in [0.25, 0.3) is 33.6 Å². The van der Waals surface area contributed by atoms with Gasteiger partial charge in [-0.15, -0.1) is 0 Å². The third-order valence-corrected chi connectivity index (χ3v) is 7.34. The van der Waals surface area contributed by atoms with Crippen LogP contribution >= 0.6 is 0 Å². The average Bonchev–Trinajstić information content (AvgIpc) is 3.62. The largest absolute Gasteiger partial charge is 0.354 e. The molecule has 8 nitrogen and oxygen atoms in total. The van der Waals surface area contributed by atoms with E-state index >= 15 is 0 Å². The highest BCUT2D eigenvalue weighted by molar-refractivity contribution is 5.77. The maximum atomic E-state index is 12.4. The molecule has 2 aromatic heterocycles. The van der Waals surface area contributed by atoms with Gasteiger partial charge < -0.3 is 20.6 Å². The SMILES string of the molecule is CC(C)NC(=O)C[C@@H](C)c1ncc(-c2ccc(-c3ccc(-c4cnc([C@@H](CC(=O)NC(C)C)C(C)C)[nH]4)cc3)cc2)[nH]1. The van der Waals surface area contributed by atoms with Crippen LogP contribution in [-0.2, 0) is 9.59 Å². The summed E-state index contributed by atoms with van der Waals surface area (Å²) in [6, 6.07) is 17.0. The van der Waals surface area contributed by atoms with Crippen molar-refractivity contribution in [3.63, 3.8) is 0 Å². The Kier molecular flexibility index (Phi) is 9.99. The van der Waals surface area contributed by atoms with Crippen LogP contribution in [0.15, 0.2) is 60.9 Å². The molecule has 0 bridgehead atoms. The fourth-order valence-electron chi connectivity index (χ4n) is 5.07. The van der Waals surface area contributed by atoms with Gasteiger partial charge in [0.2, 0.25) is 11.8 Å². The fourth-order valence-corrected chi connectivity index (χ4v) is 5.07. The summed E-state index contributed by atoms with van der Waals surface area (Å²) in [7, 11) is 0. The normalized spacial score (nSPS) is 13.0. The number of carbonyl (C=O) groups excluding carboxylic acids is 2. The van der Waals surface area contributed by atoms with E-state index in [-0.39, 0.29) is 41.7 Å². The highest BCUT2D eigenvalue weighted by Crippen LogP contribution is 2.30. The van der Waals surface area contributed by atoms with Crippen molar-refractivity contribution in [3.8, 4) is 33.6 Å². The van der Waals surface area contributed by atoms with Gasteiger partial charge in [-0.2, -0.15) is 0 Å². The first-order valence-electron chi connectivity index (χ1n) is 14.9. The molecule has 2 atom stereocenters. The Bertz CT molecular complexity index is 1460. The zero-order valence-electron chi connectivity index (χ0n) is 25.8. The first kappa shape index (κ1) is 30.8. The number of aromatic amines is 2. The van der Waals surface area contributed by atoms with Crippen LogP contribution in [-0.4, -0.2) is 43.8 Å². The lowest BCUT2D eigenvalue weighted by atomic mass is 9.91. The van der Waals surface area contributed by atoms with E-state index in [1.54, 1.807) is 0 Å². The molecule has 8 heteroatoms. The highest BCUT2D eigenvalue weighted by atomic mass is 16.2. The molecule has 0 unspecified atom stereocenters. The Morgan fingerprint density at radius 3 is 1.48 bits per heavy atom. The minimum atomic E-state index is 0.00173. The van der Waals surface area contributed by atoms with Crippen molar-refractivity contribution in [2.24, 2.45) is 5.92 Å². The second-order valence-corrected chi connectivity index (χ2v) is 12.1. The Morgan fingerprint density at radius 1 is 0.619 bits per heavy atom. The summed E-state index contributed by atoms with van der Waals surface area (Å²) in [6.45, 7) is 14.1. The van der Waals surface area contributed by atoms with Gasteiger partial charge in [0.15, 0.2) is 0 Å². The zero-order valence-corrected chi connectivity index (χ0v) is 25.8. The van der Waals surface area contributed by atoms with Gasteiger partial charge in [-0.05, 0) is 55.9 Å². The van der Waals surface area contributed by atoms with Crippen molar-refractivity contribution >= 4 is 11.8 Å². The van der Waals surface area contributed by atoms with Crippen LogP contribution in [0.4, 0.5) is 0 Å². The molecule has 0 saturated carbocycles. The van der Waals surface area contributed by atoms with Crippen molar-refractivity contribution in [3.05, 3.63) is 72.6 Å². The van der Waals surface area contributed by atoms with Crippen LogP contribution in [0, 0.1) is 5.92 Å². The van der Waals surface area contributed by atoms with Gasteiger partial charge in [0.25, 0.3) is 0 Å². The summed E-state index contributed by atoms with van der Waals surface area (Å²) in [5, 5.41) is 5.93. The lowest BCUT2D eigenvalue weighted by Gasteiger charge is -2.19. The maximum absolute atomic E-state index is 12.4. The summed E-state index contributed by atoms with van der Waals surface area (Å²) < 4.78 is 0. The molecule has 222 valence electrons. The number of H-pyrrole nitrogens is 2. The molecule has 42 heavy (non-hydrogen) atoms. The van der Waals surface area contributed by atoms with E-state index < -0.39 is 0 Å². The quantitative estimate of drug-likeness (QED) is 0.150. The number of rotatable bonds is 12. The van der Waals surface area contributed by atoms with Gasteiger partial charge in [0, 0.05) is 36.8 Å². The Hall–Kier alpha value is -4.20. The molecule has 0 saturated heterocycles. The van der Waals surface area contributed by atoms with Gasteiger partial charge in [0.1, 0.15) is 11.6 Å². The lowest BCUT2D eigenvalue weighted by Crippen LogP contribution is -2.32. The summed E-state index contributed by atoms with van der Waals surface area (Å²) >= 11 is 0. The number of benzene rings is 2. The number of aromatic nitrogens is 4. The van der Waals surface area contributed by atoms with E-state index in [2.05, 4.69) is 92.9 Å². The molecule has 2 aromatic carbocycles. The van der Waals surface area contributed by atoms with Crippen molar-refractivity contribution in [2.45, 2.75) is 85.2 Å². The topological polar surface area (TPSA) is 116 Å². The van der Waals surface area contributed by atoms with Gasteiger partial charge >= 0.3 is 0 Å². The number of hydrogen-bond donors (Lipinski definition) is 4. The predicted molar refractivity (Wildman–Crippen MR) is 169 cm³/mol. The third-order valence-electron chi connectivity index (χ3n) is 7.34. The standard InChI is InChI=1S/C34H44N6O2/c1-20(2)28(17-32(42)38-22(5)6)34-36-19-30(40-34)27-14-10-25(11-15-27)24-8-12-26(13-9-24)29-18-35-33(39-29)23(7)16-31(41)37-21(3)4/h8-15,18-23,28H,16-17H2,1-7H3,(H,35,39)(H,36,40)(H,37,41)(H,38,42)/t23-,28+/m1/s1.